The number of aromatic nitrogens is 5. The number of hydrogen-bond donors (Lipinski definition) is 2. The van der Waals surface area contributed by atoms with Gasteiger partial charge in [-0.2, -0.15) is 22.8 Å². The van der Waals surface area contributed by atoms with Crippen LogP contribution in [0.4, 0.5) is 23.4 Å². The van der Waals surface area contributed by atoms with Crippen molar-refractivity contribution in [2.24, 2.45) is 0 Å². The number of carbonyl (C=O) groups is 1. The summed E-state index contributed by atoms with van der Waals surface area (Å²) in [7, 11) is 0. The highest BCUT2D eigenvalue weighted by molar-refractivity contribution is 6.33. The summed E-state index contributed by atoms with van der Waals surface area (Å²) in [5, 5.41) is 15.4. The average Bonchev–Trinajstić information content (AvgIpc) is 3.10. The molecular weight excluding hydrogens is 488 g/mol. The van der Waals surface area contributed by atoms with Gasteiger partial charge in [0.15, 0.2) is 29.4 Å². The number of aliphatic hydroxyl groups excluding tert-OH is 1. The lowest BCUT2D eigenvalue weighted by molar-refractivity contribution is -0.190. The summed E-state index contributed by atoms with van der Waals surface area (Å²) >= 11 is 5.92. The topological polar surface area (TPSA) is 124 Å². The van der Waals surface area contributed by atoms with Gasteiger partial charge in [-0.3, -0.25) is 9.36 Å². The van der Waals surface area contributed by atoms with Gasteiger partial charge in [0.25, 0.3) is 5.91 Å². The average molecular weight is 505 g/mol. The first-order valence-corrected chi connectivity index (χ1v) is 10.0. The number of nitrogens with zero attached hydrogens (tertiary/aromatic N) is 5. The lowest BCUT2D eigenvalue weighted by Crippen LogP contribution is -2.33. The van der Waals surface area contributed by atoms with Gasteiger partial charge in [-0.25, -0.2) is 14.2 Å². The summed E-state index contributed by atoms with van der Waals surface area (Å²) in [6.45, 7) is 1.61. The van der Waals surface area contributed by atoms with E-state index >= 15 is 0 Å². The number of nitrogens with one attached hydrogen (secondary N) is 1. The second-order valence-corrected chi connectivity index (χ2v) is 7.16. The van der Waals surface area contributed by atoms with E-state index in [0.29, 0.717) is 17.7 Å². The number of ether oxygens (including phenoxy) is 1. The number of carbonyl (C=O) groups excluding carboxylic acids is 1. The highest BCUT2D eigenvalue weighted by Gasteiger charge is 2.39. The molecular formula is C19H17ClF4N6O4. The van der Waals surface area contributed by atoms with Crippen LogP contribution >= 0.6 is 11.6 Å². The summed E-state index contributed by atoms with van der Waals surface area (Å²) in [5.74, 6) is -4.41. The molecule has 3 aromatic rings. The predicted molar refractivity (Wildman–Crippen MR) is 111 cm³/mol. The maximum Gasteiger partial charge on any atom is 0.425 e. The Morgan fingerprint density at radius 2 is 2.09 bits per heavy atom. The van der Waals surface area contributed by atoms with Crippen LogP contribution < -0.4 is 15.7 Å². The largest absolute Gasteiger partial charge is 0.464 e. The van der Waals surface area contributed by atoms with E-state index in [1.165, 1.54) is 18.3 Å². The zero-order valence-electron chi connectivity index (χ0n) is 17.6. The Morgan fingerprint density at radius 3 is 2.65 bits per heavy atom. The van der Waals surface area contributed by atoms with Crippen LogP contribution in [0, 0.1) is 5.82 Å². The minimum Gasteiger partial charge on any atom is -0.464 e. The number of aliphatic hydroxyl groups is 1. The SMILES string of the molecule is CCn1c(CO)nn(-c2nc(O[C@@H](C)C(F)(F)F)c(C(=O)Nc3ncccc3Cl)cc2F)c1=O. The van der Waals surface area contributed by atoms with E-state index in [-0.39, 0.29) is 23.2 Å². The molecule has 0 radical (unpaired) electrons. The molecule has 0 aromatic carbocycles. The number of halogens is 5. The van der Waals surface area contributed by atoms with Gasteiger partial charge in [0.2, 0.25) is 5.88 Å². The highest BCUT2D eigenvalue weighted by Crippen LogP contribution is 2.29. The van der Waals surface area contributed by atoms with Crippen molar-refractivity contribution in [1.29, 1.82) is 0 Å². The number of amides is 1. The fourth-order valence-corrected chi connectivity index (χ4v) is 2.93. The fourth-order valence-electron chi connectivity index (χ4n) is 2.76. The molecule has 15 heteroatoms. The molecule has 0 aliphatic carbocycles. The Bertz CT molecular complexity index is 1280. The standard InChI is InChI=1S/C19H17ClF4N6O4/c1-3-29-13(8-31)28-30(18(29)33)15-12(21)7-10(17(27-15)34-9(2)19(22,23)24)16(32)26-14-11(20)5-4-6-25-14/h4-7,9,31H,3,8H2,1-2H3,(H,25,26,32)/t9-/m0/s1. The molecule has 2 N–H and O–H groups in total. The van der Waals surface area contributed by atoms with Gasteiger partial charge in [0.05, 0.1) is 5.02 Å². The van der Waals surface area contributed by atoms with Crippen molar-refractivity contribution in [3.63, 3.8) is 0 Å². The third-order valence-electron chi connectivity index (χ3n) is 4.50. The molecule has 3 rings (SSSR count). The molecule has 0 saturated heterocycles. The molecule has 3 aromatic heterocycles. The second kappa shape index (κ2) is 9.77. The van der Waals surface area contributed by atoms with Gasteiger partial charge in [0.1, 0.15) is 12.2 Å². The Labute approximate surface area is 193 Å². The maximum atomic E-state index is 15.0. The van der Waals surface area contributed by atoms with Crippen molar-refractivity contribution in [2.45, 2.75) is 39.3 Å². The minimum absolute atomic E-state index is 0.0141. The first kappa shape index (κ1) is 25.1. The van der Waals surface area contributed by atoms with E-state index in [4.69, 9.17) is 16.3 Å². The molecule has 10 nitrogen and oxygen atoms in total. The summed E-state index contributed by atoms with van der Waals surface area (Å²) in [4.78, 5) is 32.8. The van der Waals surface area contributed by atoms with Gasteiger partial charge in [-0.15, -0.1) is 5.10 Å². The quantitative estimate of drug-likeness (QED) is 0.474. The van der Waals surface area contributed by atoms with Gasteiger partial charge < -0.3 is 15.2 Å². The Balaban J connectivity index is 2.14. The number of hydrogen-bond acceptors (Lipinski definition) is 7. The first-order chi connectivity index (χ1) is 16.0. The molecule has 1 atom stereocenters. The lowest BCUT2D eigenvalue weighted by Gasteiger charge is -2.19. The zero-order valence-corrected chi connectivity index (χ0v) is 18.4. The van der Waals surface area contributed by atoms with Crippen molar-refractivity contribution in [2.75, 3.05) is 5.32 Å². The molecule has 0 bridgehead atoms. The van der Waals surface area contributed by atoms with Crippen molar-refractivity contribution < 1.29 is 32.2 Å². The van der Waals surface area contributed by atoms with Crippen LogP contribution in [-0.4, -0.2) is 47.6 Å². The van der Waals surface area contributed by atoms with Gasteiger partial charge in [-0.1, -0.05) is 11.6 Å². The third kappa shape index (κ3) is 5.02. The van der Waals surface area contributed by atoms with Crippen LogP contribution in [0.25, 0.3) is 5.82 Å². The summed E-state index contributed by atoms with van der Waals surface area (Å²) in [6.07, 6.45) is -6.00. The number of alkyl halides is 3. The van der Waals surface area contributed by atoms with Crippen LogP contribution in [0.5, 0.6) is 5.88 Å². The Hall–Kier alpha value is -3.52. The molecule has 34 heavy (non-hydrogen) atoms. The van der Waals surface area contributed by atoms with E-state index < -0.39 is 53.6 Å². The smallest absolute Gasteiger partial charge is 0.425 e. The molecule has 0 unspecified atom stereocenters. The van der Waals surface area contributed by atoms with Gasteiger partial charge >= 0.3 is 11.9 Å². The van der Waals surface area contributed by atoms with Crippen LogP contribution in [0.2, 0.25) is 5.02 Å². The zero-order chi connectivity index (χ0) is 25.2. The fraction of sp³-hybridized carbons (Fsp3) is 0.316. The van der Waals surface area contributed by atoms with Crippen LogP contribution in [0.1, 0.15) is 30.0 Å². The van der Waals surface area contributed by atoms with E-state index in [0.717, 1.165) is 4.57 Å². The Morgan fingerprint density at radius 1 is 1.38 bits per heavy atom. The third-order valence-corrected chi connectivity index (χ3v) is 4.81. The maximum absolute atomic E-state index is 15.0. The van der Waals surface area contributed by atoms with Gasteiger partial charge in [0, 0.05) is 12.7 Å². The normalized spacial score (nSPS) is 12.5. The molecule has 182 valence electrons. The molecule has 3 heterocycles. The van der Waals surface area contributed by atoms with Crippen molar-refractivity contribution in [3.05, 3.63) is 57.1 Å². The number of anilines is 1. The summed E-state index contributed by atoms with van der Waals surface area (Å²) in [5.41, 5.74) is -1.63. The Kier molecular flexibility index (Phi) is 7.21. The molecule has 0 saturated carbocycles. The van der Waals surface area contributed by atoms with E-state index in [2.05, 4.69) is 20.4 Å². The molecule has 1 amide bonds. The van der Waals surface area contributed by atoms with E-state index in [1.807, 2.05) is 0 Å². The number of rotatable bonds is 7. The highest BCUT2D eigenvalue weighted by atomic mass is 35.5. The van der Waals surface area contributed by atoms with Crippen molar-refractivity contribution in [1.82, 2.24) is 24.3 Å². The minimum atomic E-state index is -4.85. The van der Waals surface area contributed by atoms with Crippen molar-refractivity contribution in [3.8, 4) is 11.7 Å². The van der Waals surface area contributed by atoms with Crippen LogP contribution in [0.15, 0.2) is 29.2 Å². The van der Waals surface area contributed by atoms with E-state index in [1.54, 1.807) is 6.92 Å². The molecule has 0 fully saturated rings. The van der Waals surface area contributed by atoms with Crippen LogP contribution in [0.3, 0.4) is 0 Å². The summed E-state index contributed by atoms with van der Waals surface area (Å²) in [6, 6.07) is 3.41. The van der Waals surface area contributed by atoms with Crippen LogP contribution in [-0.2, 0) is 13.2 Å². The molecule has 0 spiro atoms. The van der Waals surface area contributed by atoms with Gasteiger partial charge in [-0.05, 0) is 32.0 Å². The first-order valence-electron chi connectivity index (χ1n) is 9.63. The molecule has 0 aliphatic rings. The van der Waals surface area contributed by atoms with Crippen molar-refractivity contribution >= 4 is 23.3 Å². The predicted octanol–water partition coefficient (Wildman–Crippen LogP) is 2.71. The summed E-state index contributed by atoms with van der Waals surface area (Å²) < 4.78 is 60.6. The number of pyridine rings is 2. The van der Waals surface area contributed by atoms with E-state index in [9.17, 15) is 32.3 Å². The second-order valence-electron chi connectivity index (χ2n) is 6.75. The lowest BCUT2D eigenvalue weighted by atomic mass is 10.2. The monoisotopic (exact) mass is 504 g/mol. The molecule has 0 aliphatic heterocycles.